The van der Waals surface area contributed by atoms with E-state index < -0.39 is 0 Å². The Morgan fingerprint density at radius 2 is 2.62 bits per heavy atom. The zero-order chi connectivity index (χ0) is 6.15. The van der Waals surface area contributed by atoms with E-state index in [1.807, 2.05) is 0 Å². The van der Waals surface area contributed by atoms with Crippen molar-refractivity contribution >= 4 is 23.2 Å². The summed E-state index contributed by atoms with van der Waals surface area (Å²) in [5.41, 5.74) is 0. The van der Waals surface area contributed by atoms with E-state index in [4.69, 9.17) is 12.2 Å². The first-order valence-corrected chi connectivity index (χ1v) is 2.67. The second-order valence-electron chi connectivity index (χ2n) is 1.61. The normalized spacial score (nSPS) is 19.4. The van der Waals surface area contributed by atoms with Gasteiger partial charge in [-0.15, -0.1) is 0 Å². The average molecular weight is 132 g/mol. The summed E-state index contributed by atoms with van der Waals surface area (Å²) in [7, 11) is 1.66. The van der Waals surface area contributed by atoms with Crippen LogP contribution >= 0.6 is 12.2 Å². The summed E-state index contributed by atoms with van der Waals surface area (Å²) in [5, 5.41) is 3.25. The molecule has 0 saturated carbocycles. The van der Waals surface area contributed by atoms with Crippen molar-refractivity contribution in [2.45, 2.75) is 0 Å². The molecule has 4 heteroatoms. The van der Waals surface area contributed by atoms with Crippen molar-refractivity contribution in [2.24, 2.45) is 0 Å². The molecule has 0 aromatic heterocycles. The van der Waals surface area contributed by atoms with Crippen LogP contribution < -0.4 is 5.32 Å². The molecule has 1 heterocycles. The number of hydrogen-bond acceptors (Lipinski definition) is 2. The molecule has 1 aliphatic heterocycles. The lowest BCUT2D eigenvalue weighted by Crippen LogP contribution is -2.25. The van der Waals surface area contributed by atoms with Crippen LogP contribution in [0.5, 0.6) is 0 Å². The third-order valence-electron chi connectivity index (χ3n) is 1.07. The van der Waals surface area contributed by atoms with E-state index in [1.165, 1.54) is 4.90 Å². The lowest BCUT2D eigenvalue weighted by Gasteiger charge is -2.03. The van der Waals surface area contributed by atoms with Crippen molar-refractivity contribution in [2.75, 3.05) is 13.6 Å². The van der Waals surface area contributed by atoms with Gasteiger partial charge in [-0.2, -0.15) is 0 Å². The van der Waals surface area contributed by atoms with E-state index in [-0.39, 0.29) is 7.33 Å². The summed E-state index contributed by atoms with van der Waals surface area (Å²) in [6.07, 6.45) is 0. The van der Waals surface area contributed by atoms with Gasteiger partial charge in [-0.1, -0.05) is 0 Å². The second kappa shape index (κ2) is 1.70. The van der Waals surface area contributed by atoms with Gasteiger partial charge in [0.25, 0.3) is 0 Å². The molecule has 0 atom stereocenters. The van der Waals surface area contributed by atoms with Crippen LogP contribution in [0.1, 0.15) is 1.43 Å². The van der Waals surface area contributed by atoms with Crippen LogP contribution in [0.25, 0.3) is 0 Å². The molecular weight excluding hydrogens is 124 g/mol. The third-order valence-corrected chi connectivity index (χ3v) is 1.49. The fraction of sp³-hybridized carbons (Fsp3) is 0.500. The van der Waals surface area contributed by atoms with Gasteiger partial charge in [0.05, 0.1) is 6.54 Å². The van der Waals surface area contributed by atoms with E-state index in [9.17, 15) is 4.79 Å². The van der Waals surface area contributed by atoms with Crippen LogP contribution in [0, 0.1) is 0 Å². The molecule has 0 aromatic carbocycles. The Hall–Kier alpha value is -0.640. The molecule has 1 amide bonds. The zero-order valence-corrected chi connectivity index (χ0v) is 5.29. The number of nitrogens with zero attached hydrogens (tertiary/aromatic N) is 1. The first kappa shape index (κ1) is 5.50. The standard InChI is InChI=1S/C4H6N2OS.H2/c1-6-3(7)2-5-4(6)8;/h2H2,1H3,(H,5,8);1H. The maximum absolute atomic E-state index is 10.6. The van der Waals surface area contributed by atoms with Crippen LogP contribution in [-0.4, -0.2) is 29.5 Å². The summed E-state index contributed by atoms with van der Waals surface area (Å²) in [6.45, 7) is 0.356. The van der Waals surface area contributed by atoms with Crippen LogP contribution in [0.2, 0.25) is 0 Å². The highest BCUT2D eigenvalue weighted by Crippen LogP contribution is 1.92. The van der Waals surface area contributed by atoms with Gasteiger partial charge in [-0.3, -0.25) is 9.69 Å². The number of carbonyl (C=O) groups is 1. The van der Waals surface area contributed by atoms with Gasteiger partial charge in [-0.25, -0.2) is 0 Å². The van der Waals surface area contributed by atoms with Gasteiger partial charge in [0.15, 0.2) is 5.11 Å². The Morgan fingerprint density at radius 1 is 2.00 bits per heavy atom. The predicted molar refractivity (Wildman–Crippen MR) is 35.5 cm³/mol. The number of carbonyl (C=O) groups excluding carboxylic acids is 1. The van der Waals surface area contributed by atoms with E-state index >= 15 is 0 Å². The molecule has 8 heavy (non-hydrogen) atoms. The Kier molecular flexibility index (Phi) is 1.17. The molecule has 0 spiro atoms. The van der Waals surface area contributed by atoms with Crippen LogP contribution in [0.15, 0.2) is 0 Å². The summed E-state index contributed by atoms with van der Waals surface area (Å²) in [4.78, 5) is 12.0. The summed E-state index contributed by atoms with van der Waals surface area (Å²) in [6, 6.07) is 0. The third kappa shape index (κ3) is 0.667. The predicted octanol–water partition coefficient (Wildman–Crippen LogP) is -0.421. The van der Waals surface area contributed by atoms with E-state index in [0.717, 1.165) is 0 Å². The molecular formula is C4H8N2OS. The van der Waals surface area contributed by atoms with Gasteiger partial charge in [0, 0.05) is 8.47 Å². The first-order valence-electron chi connectivity index (χ1n) is 2.26. The molecule has 0 radical (unpaired) electrons. The highest BCUT2D eigenvalue weighted by molar-refractivity contribution is 7.80. The molecule has 3 nitrogen and oxygen atoms in total. The molecule has 0 bridgehead atoms. The highest BCUT2D eigenvalue weighted by Gasteiger charge is 2.19. The lowest BCUT2D eigenvalue weighted by atomic mass is 10.6. The Labute approximate surface area is 54.1 Å². The van der Waals surface area contributed by atoms with Crippen molar-refractivity contribution in [1.29, 1.82) is 0 Å². The van der Waals surface area contributed by atoms with Crippen molar-refractivity contribution in [3.8, 4) is 0 Å². The molecule has 1 rings (SSSR count). The number of hydrogen-bond donors (Lipinski definition) is 1. The van der Waals surface area contributed by atoms with Gasteiger partial charge in [-0.05, 0) is 12.2 Å². The van der Waals surface area contributed by atoms with Gasteiger partial charge in [0.1, 0.15) is 0 Å². The molecule has 1 aliphatic rings. The Morgan fingerprint density at radius 3 is 2.75 bits per heavy atom. The van der Waals surface area contributed by atoms with Gasteiger partial charge >= 0.3 is 0 Å². The molecule has 1 fully saturated rings. The largest absolute Gasteiger partial charge is 0.353 e. The Bertz CT molecular complexity index is 134. The van der Waals surface area contributed by atoms with Crippen molar-refractivity contribution < 1.29 is 6.22 Å². The topological polar surface area (TPSA) is 32.3 Å². The van der Waals surface area contributed by atoms with Crippen molar-refractivity contribution in [3.05, 3.63) is 0 Å². The number of thiocarbonyl (C=S) groups is 1. The minimum absolute atomic E-state index is 0. The van der Waals surface area contributed by atoms with Crippen LogP contribution in [-0.2, 0) is 4.79 Å². The molecule has 1 saturated heterocycles. The minimum Gasteiger partial charge on any atom is -0.353 e. The zero-order valence-electron chi connectivity index (χ0n) is 4.47. The van der Waals surface area contributed by atoms with Crippen LogP contribution in [0.4, 0.5) is 0 Å². The SMILES string of the molecule is CN1C(=O)CNC1=S.[HH]. The molecule has 46 valence electrons. The highest BCUT2D eigenvalue weighted by atomic mass is 32.1. The average Bonchev–Trinajstić information content (AvgIpc) is 1.98. The number of amides is 1. The van der Waals surface area contributed by atoms with Crippen LogP contribution in [0.3, 0.4) is 0 Å². The van der Waals surface area contributed by atoms with Gasteiger partial charge in [0.2, 0.25) is 5.91 Å². The maximum atomic E-state index is 10.6. The number of nitrogens with one attached hydrogen (secondary N) is 1. The summed E-state index contributed by atoms with van der Waals surface area (Å²) >= 11 is 4.71. The molecule has 0 unspecified atom stereocenters. The monoisotopic (exact) mass is 132 g/mol. The smallest absolute Gasteiger partial charge is 0.247 e. The van der Waals surface area contributed by atoms with E-state index in [2.05, 4.69) is 5.32 Å². The number of rotatable bonds is 0. The fourth-order valence-electron chi connectivity index (χ4n) is 0.502. The summed E-state index contributed by atoms with van der Waals surface area (Å²) < 4.78 is 0. The van der Waals surface area contributed by atoms with E-state index in [1.54, 1.807) is 7.05 Å². The van der Waals surface area contributed by atoms with E-state index in [0.29, 0.717) is 11.7 Å². The minimum atomic E-state index is 0. The molecule has 1 N–H and O–H groups in total. The van der Waals surface area contributed by atoms with Gasteiger partial charge < -0.3 is 5.32 Å². The summed E-state index contributed by atoms with van der Waals surface area (Å²) in [5.74, 6) is 0.0370. The Balaban J connectivity index is 0.000000640. The second-order valence-corrected chi connectivity index (χ2v) is 2.00. The van der Waals surface area contributed by atoms with Crippen molar-refractivity contribution in [3.63, 3.8) is 0 Å². The fourth-order valence-corrected chi connectivity index (χ4v) is 0.676. The first-order chi connectivity index (χ1) is 3.72. The molecule has 0 aliphatic carbocycles. The molecule has 0 aromatic rings. The lowest BCUT2D eigenvalue weighted by molar-refractivity contribution is -0.123. The quantitative estimate of drug-likeness (QED) is 0.454. The maximum Gasteiger partial charge on any atom is 0.247 e. The van der Waals surface area contributed by atoms with Crippen molar-refractivity contribution in [1.82, 2.24) is 10.2 Å². The number of likely N-dealkylation sites (N-methyl/N-ethyl adjacent to an activating group) is 1.